The van der Waals surface area contributed by atoms with Gasteiger partial charge in [0.2, 0.25) is 11.7 Å². The van der Waals surface area contributed by atoms with Crippen LogP contribution in [0.2, 0.25) is 10.0 Å². The van der Waals surface area contributed by atoms with E-state index >= 15 is 0 Å². The lowest BCUT2D eigenvalue weighted by Gasteiger charge is -2.31. The largest absolute Gasteiger partial charge is 0.778 e. The summed E-state index contributed by atoms with van der Waals surface area (Å²) in [4.78, 5) is 63.9. The molecule has 1 fully saturated rings. The summed E-state index contributed by atoms with van der Waals surface area (Å²) in [6, 6.07) is 10.9. The molecule has 0 spiro atoms. The second-order valence-electron chi connectivity index (χ2n) is 15.7. The quantitative estimate of drug-likeness (QED) is 0.0304. The van der Waals surface area contributed by atoms with Gasteiger partial charge in [-0.2, -0.15) is 18.3 Å². The van der Waals surface area contributed by atoms with Crippen molar-refractivity contribution in [2.24, 2.45) is 0 Å². The Morgan fingerprint density at radius 1 is 1.15 bits per heavy atom. The highest BCUT2D eigenvalue weighted by molar-refractivity contribution is 7.94. The number of carbonyl (C=O) groups excluding carboxylic acids is 2. The first-order valence-electron chi connectivity index (χ1n) is 20.5. The molecule has 2 aromatic heterocycles. The van der Waals surface area contributed by atoms with Gasteiger partial charge < -0.3 is 48.9 Å². The van der Waals surface area contributed by atoms with E-state index in [1.807, 2.05) is 37.4 Å². The van der Waals surface area contributed by atoms with E-state index in [9.17, 15) is 47.1 Å². The normalized spacial score (nSPS) is 15.1. The smallest absolute Gasteiger partial charge is 0.416 e. The van der Waals surface area contributed by atoms with Crippen molar-refractivity contribution in [1.29, 1.82) is 0 Å². The Bertz CT molecular complexity index is 2390. The summed E-state index contributed by atoms with van der Waals surface area (Å²) in [5.74, 6) is -1.35. The molecule has 2 amide bonds. The zero-order chi connectivity index (χ0) is 54.8. The monoisotopic (exact) mass is 1150 g/mol. The van der Waals surface area contributed by atoms with Gasteiger partial charge in [0.1, 0.15) is 42.9 Å². The number of carbonyl (C=O) groups is 3. The van der Waals surface area contributed by atoms with E-state index < -0.39 is 65.1 Å². The molecule has 19 nitrogen and oxygen atoms in total. The highest BCUT2D eigenvalue weighted by Crippen LogP contribution is 2.40. The summed E-state index contributed by atoms with van der Waals surface area (Å²) < 4.78 is 64.8. The van der Waals surface area contributed by atoms with Crippen LogP contribution in [0.5, 0.6) is 0 Å². The predicted molar refractivity (Wildman–Crippen MR) is 269 cm³/mol. The number of nitrogens with two attached hydrogens (primary N) is 1. The van der Waals surface area contributed by atoms with Crippen molar-refractivity contribution in [2.45, 2.75) is 69.9 Å². The summed E-state index contributed by atoms with van der Waals surface area (Å²) in [6.45, 7) is 10.1. The number of nitrogen functional groups attached to an aromatic ring is 1. The number of alkyl halides is 6. The highest BCUT2D eigenvalue weighted by atomic mass is 35.5. The minimum absolute atomic E-state index is 0.0223. The van der Waals surface area contributed by atoms with E-state index in [-0.39, 0.29) is 45.6 Å². The fourth-order valence-corrected chi connectivity index (χ4v) is 7.56. The molecule has 1 saturated heterocycles. The van der Waals surface area contributed by atoms with E-state index in [4.69, 9.17) is 87.6 Å². The number of para-hydroxylation sites is 1. The number of nitrogens with one attached hydrogen (secondary N) is 1. The number of amides is 2. The number of methoxy groups -OCH3 is 1. The fourth-order valence-electron chi connectivity index (χ4n) is 6.15. The average molecular weight is 1150 g/mol. The minimum Gasteiger partial charge on any atom is -0.778 e. The third-order valence-electron chi connectivity index (χ3n) is 9.04. The lowest BCUT2D eigenvalue weighted by molar-refractivity contribution is -0.383. The number of hydrogen-bond acceptors (Lipinski definition) is 13. The number of nitro groups is 1. The summed E-state index contributed by atoms with van der Waals surface area (Å²) >= 11 is 28.5. The van der Waals surface area contributed by atoms with Gasteiger partial charge in [-0.05, 0) is 80.4 Å². The van der Waals surface area contributed by atoms with E-state index in [2.05, 4.69) is 36.9 Å². The van der Waals surface area contributed by atoms with Crippen molar-refractivity contribution in [3.05, 3.63) is 97.5 Å². The molecule has 3 unspecified atom stereocenters. The molecular formula is C42H56Cl5F3N7O12PS. The van der Waals surface area contributed by atoms with Gasteiger partial charge in [-0.25, -0.2) is 4.68 Å². The zero-order valence-electron chi connectivity index (χ0n) is 39.8. The third-order valence-corrected chi connectivity index (χ3v) is 10.8. The van der Waals surface area contributed by atoms with Gasteiger partial charge in [0, 0.05) is 7.11 Å². The molecule has 4 aromatic rings. The molecule has 398 valence electrons. The fraction of sp³-hybridized carbons (Fsp3) is 0.476. The first-order valence-corrected chi connectivity index (χ1v) is 26.9. The van der Waals surface area contributed by atoms with Crippen molar-refractivity contribution >= 4 is 111 Å². The van der Waals surface area contributed by atoms with Crippen molar-refractivity contribution in [1.82, 2.24) is 20.0 Å². The molecule has 0 bridgehead atoms. The number of nitrogens with zero attached hydrogens (tertiary/aromatic N) is 5. The molecule has 29 heteroatoms. The number of aryl methyl sites for hydroxylation is 2. The average Bonchev–Trinajstić information content (AvgIpc) is 4.00. The molecule has 5 N–H and O–H groups in total. The Morgan fingerprint density at radius 2 is 1.73 bits per heavy atom. The van der Waals surface area contributed by atoms with Crippen LogP contribution in [0.4, 0.5) is 30.4 Å². The van der Waals surface area contributed by atoms with Crippen LogP contribution in [0.3, 0.4) is 0 Å². The Morgan fingerprint density at radius 3 is 2.15 bits per heavy atom. The number of carboxylic acid groups (broad SMARTS) is 1. The van der Waals surface area contributed by atoms with Gasteiger partial charge in [0.25, 0.3) is 5.91 Å². The number of hydrogen-bond donors (Lipinski definition) is 4. The number of benzene rings is 2. The molecule has 0 aliphatic carbocycles. The molecular weight excluding hydrogens is 1090 g/mol. The predicted octanol–water partition coefficient (Wildman–Crippen LogP) is 8.23. The molecule has 71 heavy (non-hydrogen) atoms. The lowest BCUT2D eigenvalue weighted by Crippen LogP contribution is -2.45. The van der Waals surface area contributed by atoms with Crippen molar-refractivity contribution < 1.29 is 65.8 Å². The number of aromatic nitrogens is 2. The second kappa shape index (κ2) is 29.8. The van der Waals surface area contributed by atoms with Crippen LogP contribution in [0.15, 0.2) is 59.3 Å². The number of halogens is 8. The van der Waals surface area contributed by atoms with Gasteiger partial charge in [0.05, 0.1) is 83.3 Å². The van der Waals surface area contributed by atoms with Crippen LogP contribution < -0.4 is 20.8 Å². The zero-order valence-corrected chi connectivity index (χ0v) is 45.3. The van der Waals surface area contributed by atoms with Crippen LogP contribution in [0.25, 0.3) is 5.69 Å². The van der Waals surface area contributed by atoms with Crippen molar-refractivity contribution in [3.8, 4) is 5.69 Å². The number of anilines is 2. The van der Waals surface area contributed by atoms with Crippen LogP contribution in [0.1, 0.15) is 56.2 Å². The number of furan rings is 1. The molecule has 1 aliphatic heterocycles. The van der Waals surface area contributed by atoms with Crippen molar-refractivity contribution in [3.63, 3.8) is 0 Å². The Labute approximate surface area is 436 Å². The van der Waals surface area contributed by atoms with E-state index in [1.165, 1.54) is 4.90 Å². The summed E-state index contributed by atoms with van der Waals surface area (Å²) in [5.41, 5.74) is 6.25. The van der Waals surface area contributed by atoms with E-state index in [0.29, 0.717) is 41.9 Å². The van der Waals surface area contributed by atoms with Crippen LogP contribution in [0, 0.1) is 17.0 Å². The maximum atomic E-state index is 12.6. The summed E-state index contributed by atoms with van der Waals surface area (Å²) in [7, 11) is -2.07. The van der Waals surface area contributed by atoms with Crippen LogP contribution in [-0.2, 0) is 51.9 Å². The summed E-state index contributed by atoms with van der Waals surface area (Å²) in [5, 5.41) is 23.5. The number of aliphatic carboxylic acids is 1. The summed E-state index contributed by atoms with van der Waals surface area (Å²) in [6.07, 6.45) is 4.26. The third kappa shape index (κ3) is 21.3. The van der Waals surface area contributed by atoms with E-state index in [0.717, 1.165) is 34.1 Å². The SMILES string of the molecule is CC1(C)OC(c2ccco2)CN1C(=O)C(Cl)Cl.CCc1cccc(C)c1N(C(=O)CCl)C(C)COC.C[S+](C)C.Nc1c([N+](=O)[O-])cnn1-c1c(Cl)cc(C(F)(F)F)cc1Cl.O=C(O)CNCP(=O)([O-])O. The molecule has 3 heterocycles. The standard InChI is InChI=1S/C15H22ClNO2.C11H13Cl2NO3.C10H5Cl2F3N4O2.C3H8NO5P.C3H9S/c1-5-13-8-6-7-11(2)15(13)17(14(18)9-16)12(3)10-19-4;1-11(2)14(10(15)9(12)13)6-8(17-11)7-4-3-5-16-7;11-5-1-4(10(13,14)15)2-6(12)8(5)18-9(16)7(3-17-18)19(20)21;5-3(6)1-4-2-10(7,8)9;1-4(2)3/h6-8,12H,5,9-10H2,1-4H3;3-5,8-9H,6H2,1-2H3;1-3H,16H2;4H,1-2H2,(H,5,6)(H2,7,8,9);1-3H3/q;;;;+1/p-1. The first-order chi connectivity index (χ1) is 32.8. The van der Waals surface area contributed by atoms with Gasteiger partial charge in [-0.1, -0.05) is 71.5 Å². The molecule has 3 atom stereocenters. The minimum atomic E-state index is -4.63. The number of ether oxygens (including phenoxy) is 2. The molecule has 0 radical (unpaired) electrons. The molecule has 0 saturated carbocycles. The van der Waals surface area contributed by atoms with Gasteiger partial charge in [-0.15, -0.1) is 11.6 Å². The second-order valence-corrected chi connectivity index (χ2v) is 21.9. The Kier molecular flexibility index (Phi) is 27.3. The molecule has 1 aliphatic rings. The molecule has 2 aromatic carbocycles. The molecule has 5 rings (SSSR count). The highest BCUT2D eigenvalue weighted by Gasteiger charge is 2.45. The van der Waals surface area contributed by atoms with Crippen LogP contribution >= 0.6 is 65.6 Å². The van der Waals surface area contributed by atoms with Gasteiger partial charge >= 0.3 is 17.8 Å². The Hall–Kier alpha value is -3.84. The topological polar surface area (TPSA) is 269 Å². The number of carboxylic acids is 1. The lowest BCUT2D eigenvalue weighted by atomic mass is 10.0. The van der Waals surface area contributed by atoms with Gasteiger partial charge in [0.15, 0.2) is 4.84 Å². The van der Waals surface area contributed by atoms with Crippen molar-refractivity contribution in [2.75, 3.05) is 68.4 Å². The van der Waals surface area contributed by atoms with Crippen LogP contribution in [-0.4, -0.2) is 122 Å². The van der Waals surface area contributed by atoms with Gasteiger partial charge in [-0.3, -0.25) is 29.8 Å². The number of rotatable bonds is 14. The Balaban J connectivity index is 0.000000473. The van der Waals surface area contributed by atoms with E-state index in [1.54, 1.807) is 38.2 Å². The maximum absolute atomic E-state index is 12.6. The maximum Gasteiger partial charge on any atom is 0.416 e. The first kappa shape index (κ1) is 65.2.